The molecule has 2 heteroatoms. The van der Waals surface area contributed by atoms with Crippen LogP contribution >= 0.6 is 0 Å². The fourth-order valence-corrected chi connectivity index (χ4v) is 8.52. The zero-order valence-corrected chi connectivity index (χ0v) is 21.7. The van der Waals surface area contributed by atoms with Crippen LogP contribution in [-0.4, -0.2) is 11.1 Å². The number of rotatable bonds is 12. The van der Waals surface area contributed by atoms with Gasteiger partial charge in [-0.3, -0.25) is 4.79 Å². The highest BCUT2D eigenvalue weighted by Gasteiger charge is 2.59. The molecule has 3 rings (SSSR count). The summed E-state index contributed by atoms with van der Waals surface area (Å²) >= 11 is 0. The summed E-state index contributed by atoms with van der Waals surface area (Å²) in [5, 5.41) is 10.7. The number of aliphatic carboxylic acids is 1. The lowest BCUT2D eigenvalue weighted by atomic mass is 9.46. The Morgan fingerprint density at radius 1 is 0.688 bits per heavy atom. The first kappa shape index (κ1) is 26.1. The van der Waals surface area contributed by atoms with Crippen LogP contribution in [0.5, 0.6) is 0 Å². The maximum absolute atomic E-state index is 12.9. The Morgan fingerprint density at radius 3 is 1.84 bits per heavy atom. The van der Waals surface area contributed by atoms with Gasteiger partial charge in [0.2, 0.25) is 0 Å². The van der Waals surface area contributed by atoms with Crippen LogP contribution in [0, 0.1) is 22.2 Å². The van der Waals surface area contributed by atoms with Gasteiger partial charge in [-0.15, -0.1) is 0 Å². The first-order chi connectivity index (χ1) is 15.5. The Labute approximate surface area is 199 Å². The number of carboxylic acid groups (broad SMARTS) is 1. The van der Waals surface area contributed by atoms with Gasteiger partial charge in [0, 0.05) is 0 Å². The fourth-order valence-electron chi connectivity index (χ4n) is 8.52. The molecule has 0 saturated heterocycles. The van der Waals surface area contributed by atoms with Crippen molar-refractivity contribution in [3.8, 4) is 0 Å². The minimum Gasteiger partial charge on any atom is -0.481 e. The average molecular weight is 447 g/mol. The maximum Gasteiger partial charge on any atom is 0.310 e. The molecule has 32 heavy (non-hydrogen) atoms. The lowest BCUT2D eigenvalue weighted by Gasteiger charge is -2.58. The van der Waals surface area contributed by atoms with E-state index in [9.17, 15) is 9.90 Å². The Hall–Kier alpha value is -0.530. The standard InChI is InChI=1S/C30H54O2/c1-3-5-7-13-19-29(30(27(31)32)20-14-9-15-21-30)24-22-28(23-25-29,18-12-6-4-2)26-16-10-8-11-17-26/h26H,3-25H2,1-2H3,(H,31,32). The van der Waals surface area contributed by atoms with E-state index in [0.29, 0.717) is 5.41 Å². The van der Waals surface area contributed by atoms with E-state index in [1.54, 1.807) is 0 Å². The SMILES string of the molecule is CCCCCCC1(C2(C(=O)O)CCCCC2)CCC(CCCCC)(C2CCCCC2)CC1. The second kappa shape index (κ2) is 12.3. The first-order valence-electron chi connectivity index (χ1n) is 14.8. The van der Waals surface area contributed by atoms with E-state index >= 15 is 0 Å². The van der Waals surface area contributed by atoms with Crippen LogP contribution in [0.2, 0.25) is 0 Å². The van der Waals surface area contributed by atoms with Gasteiger partial charge in [0.25, 0.3) is 0 Å². The van der Waals surface area contributed by atoms with Gasteiger partial charge in [0.05, 0.1) is 5.41 Å². The summed E-state index contributed by atoms with van der Waals surface area (Å²) in [7, 11) is 0. The summed E-state index contributed by atoms with van der Waals surface area (Å²) in [4.78, 5) is 12.9. The zero-order valence-electron chi connectivity index (χ0n) is 21.7. The quantitative estimate of drug-likeness (QED) is 0.303. The number of hydrogen-bond acceptors (Lipinski definition) is 1. The molecule has 3 fully saturated rings. The lowest BCUT2D eigenvalue weighted by molar-refractivity contribution is -0.171. The normalized spacial score (nSPS) is 31.4. The molecule has 3 aliphatic carbocycles. The topological polar surface area (TPSA) is 37.3 Å². The largest absolute Gasteiger partial charge is 0.481 e. The average Bonchev–Trinajstić information content (AvgIpc) is 2.84. The van der Waals surface area contributed by atoms with Crippen molar-refractivity contribution in [2.24, 2.45) is 22.2 Å². The molecular formula is C30H54O2. The Balaban J connectivity index is 1.83. The van der Waals surface area contributed by atoms with Crippen LogP contribution in [0.25, 0.3) is 0 Å². The van der Waals surface area contributed by atoms with E-state index in [1.807, 2.05) is 0 Å². The monoisotopic (exact) mass is 446 g/mol. The predicted octanol–water partition coefficient (Wildman–Crippen LogP) is 9.70. The van der Waals surface area contributed by atoms with Gasteiger partial charge in [0.1, 0.15) is 0 Å². The van der Waals surface area contributed by atoms with Gasteiger partial charge in [-0.1, -0.05) is 97.3 Å². The summed E-state index contributed by atoms with van der Waals surface area (Å²) in [5.74, 6) is 0.474. The summed E-state index contributed by atoms with van der Waals surface area (Å²) in [6.45, 7) is 4.61. The van der Waals surface area contributed by atoms with E-state index in [1.165, 1.54) is 122 Å². The second-order valence-corrected chi connectivity index (χ2v) is 12.2. The molecule has 0 amide bonds. The molecule has 0 atom stereocenters. The third-order valence-corrected chi connectivity index (χ3v) is 10.6. The van der Waals surface area contributed by atoms with Crippen molar-refractivity contribution in [2.75, 3.05) is 0 Å². The molecule has 0 aromatic carbocycles. The van der Waals surface area contributed by atoms with Crippen molar-refractivity contribution in [2.45, 2.75) is 162 Å². The van der Waals surface area contributed by atoms with Gasteiger partial charge in [-0.25, -0.2) is 0 Å². The van der Waals surface area contributed by atoms with E-state index in [0.717, 1.165) is 31.6 Å². The fraction of sp³-hybridized carbons (Fsp3) is 0.967. The van der Waals surface area contributed by atoms with Gasteiger partial charge >= 0.3 is 5.97 Å². The van der Waals surface area contributed by atoms with E-state index in [-0.39, 0.29) is 5.41 Å². The van der Waals surface area contributed by atoms with E-state index < -0.39 is 11.4 Å². The third-order valence-electron chi connectivity index (χ3n) is 10.6. The second-order valence-electron chi connectivity index (χ2n) is 12.2. The minimum atomic E-state index is -0.441. The van der Waals surface area contributed by atoms with Crippen LogP contribution < -0.4 is 0 Å². The van der Waals surface area contributed by atoms with Crippen LogP contribution in [-0.2, 0) is 4.79 Å². The molecule has 3 aliphatic rings. The van der Waals surface area contributed by atoms with Gasteiger partial charge < -0.3 is 5.11 Å². The molecule has 0 spiro atoms. The molecule has 0 aromatic rings. The Morgan fingerprint density at radius 2 is 1.25 bits per heavy atom. The van der Waals surface area contributed by atoms with Gasteiger partial charge in [-0.05, 0) is 81.0 Å². The van der Waals surface area contributed by atoms with Crippen molar-refractivity contribution in [3.63, 3.8) is 0 Å². The molecule has 0 radical (unpaired) electrons. The Kier molecular flexibility index (Phi) is 9.99. The predicted molar refractivity (Wildman–Crippen MR) is 136 cm³/mol. The molecule has 0 heterocycles. The van der Waals surface area contributed by atoms with Crippen molar-refractivity contribution >= 4 is 5.97 Å². The summed E-state index contributed by atoms with van der Waals surface area (Å²) in [6.07, 6.45) is 29.4. The first-order valence-corrected chi connectivity index (χ1v) is 14.8. The van der Waals surface area contributed by atoms with Crippen LogP contribution in [0.3, 0.4) is 0 Å². The number of carboxylic acids is 1. The number of unbranched alkanes of at least 4 members (excludes halogenated alkanes) is 5. The van der Waals surface area contributed by atoms with Crippen molar-refractivity contribution < 1.29 is 9.90 Å². The summed E-state index contributed by atoms with van der Waals surface area (Å²) in [5.41, 5.74) is 0.159. The third kappa shape index (κ3) is 5.57. The van der Waals surface area contributed by atoms with Crippen LogP contribution in [0.4, 0.5) is 0 Å². The molecule has 0 aromatic heterocycles. The minimum absolute atomic E-state index is 0.0654. The number of carbonyl (C=O) groups is 1. The molecule has 1 N–H and O–H groups in total. The highest BCUT2D eigenvalue weighted by molar-refractivity contribution is 5.76. The molecule has 186 valence electrons. The molecule has 0 bridgehead atoms. The summed E-state index contributed by atoms with van der Waals surface area (Å²) in [6, 6.07) is 0. The summed E-state index contributed by atoms with van der Waals surface area (Å²) < 4.78 is 0. The number of hydrogen-bond donors (Lipinski definition) is 1. The molecule has 3 saturated carbocycles. The van der Waals surface area contributed by atoms with Crippen molar-refractivity contribution in [1.29, 1.82) is 0 Å². The zero-order chi connectivity index (χ0) is 22.9. The highest BCUT2D eigenvalue weighted by atomic mass is 16.4. The van der Waals surface area contributed by atoms with Gasteiger partial charge in [0.15, 0.2) is 0 Å². The smallest absolute Gasteiger partial charge is 0.310 e. The maximum atomic E-state index is 12.9. The molecular weight excluding hydrogens is 392 g/mol. The van der Waals surface area contributed by atoms with Crippen molar-refractivity contribution in [1.82, 2.24) is 0 Å². The Bertz CT molecular complexity index is 545. The van der Waals surface area contributed by atoms with E-state index in [2.05, 4.69) is 13.8 Å². The molecule has 0 aliphatic heterocycles. The van der Waals surface area contributed by atoms with Crippen LogP contribution in [0.15, 0.2) is 0 Å². The highest BCUT2D eigenvalue weighted by Crippen LogP contribution is 2.64. The van der Waals surface area contributed by atoms with E-state index in [4.69, 9.17) is 0 Å². The van der Waals surface area contributed by atoms with Gasteiger partial charge in [-0.2, -0.15) is 0 Å². The lowest BCUT2D eigenvalue weighted by Crippen LogP contribution is -2.53. The van der Waals surface area contributed by atoms with Crippen molar-refractivity contribution in [3.05, 3.63) is 0 Å². The molecule has 0 unspecified atom stereocenters. The van der Waals surface area contributed by atoms with Crippen LogP contribution in [0.1, 0.15) is 162 Å². The molecule has 2 nitrogen and oxygen atoms in total.